The van der Waals surface area contributed by atoms with E-state index in [0.717, 1.165) is 36.4 Å². The molecule has 5 nitrogen and oxygen atoms in total. The van der Waals surface area contributed by atoms with Gasteiger partial charge in [0.05, 0.1) is 5.69 Å². The molecule has 0 amide bonds. The van der Waals surface area contributed by atoms with Gasteiger partial charge >= 0.3 is 0 Å². The standard InChI is InChI=1S/C14H24N4O.HI/c1-4-15-14(16-8-7-12-5-6-12)17-9-13-18-10(2)11(3)19-13;/h12H,4-9H2,1-3H3,(H2,15,16,17);1H. The van der Waals surface area contributed by atoms with Crippen molar-refractivity contribution in [3.63, 3.8) is 0 Å². The van der Waals surface area contributed by atoms with E-state index in [1.54, 1.807) is 0 Å². The molecule has 0 aromatic carbocycles. The van der Waals surface area contributed by atoms with E-state index in [4.69, 9.17) is 4.42 Å². The van der Waals surface area contributed by atoms with Crippen LogP contribution in [0, 0.1) is 19.8 Å². The van der Waals surface area contributed by atoms with Crippen LogP contribution in [-0.2, 0) is 6.54 Å². The number of nitrogens with zero attached hydrogens (tertiary/aromatic N) is 2. The highest BCUT2D eigenvalue weighted by Gasteiger charge is 2.20. The molecule has 6 heteroatoms. The molecule has 0 radical (unpaired) electrons. The van der Waals surface area contributed by atoms with E-state index in [1.165, 1.54) is 19.3 Å². The predicted octanol–water partition coefficient (Wildman–Crippen LogP) is 2.76. The molecule has 0 saturated heterocycles. The SMILES string of the molecule is CCNC(=NCc1nc(C)c(C)o1)NCCC1CC1.I. The van der Waals surface area contributed by atoms with Crippen LogP contribution in [-0.4, -0.2) is 24.0 Å². The molecule has 2 N–H and O–H groups in total. The highest BCUT2D eigenvalue weighted by atomic mass is 127. The van der Waals surface area contributed by atoms with Gasteiger partial charge in [-0.15, -0.1) is 24.0 Å². The summed E-state index contributed by atoms with van der Waals surface area (Å²) in [7, 11) is 0. The van der Waals surface area contributed by atoms with Gasteiger partial charge in [0, 0.05) is 13.1 Å². The normalized spacial score (nSPS) is 14.8. The highest BCUT2D eigenvalue weighted by Crippen LogP contribution is 2.31. The van der Waals surface area contributed by atoms with E-state index in [0.29, 0.717) is 12.4 Å². The second-order valence-electron chi connectivity index (χ2n) is 5.10. The lowest BCUT2D eigenvalue weighted by Gasteiger charge is -2.10. The number of nitrogens with one attached hydrogen (secondary N) is 2. The Bertz CT molecular complexity index is 421. The monoisotopic (exact) mass is 392 g/mol. The highest BCUT2D eigenvalue weighted by molar-refractivity contribution is 14.0. The fourth-order valence-corrected chi connectivity index (χ4v) is 1.90. The molecule has 1 aromatic rings. The summed E-state index contributed by atoms with van der Waals surface area (Å²) >= 11 is 0. The summed E-state index contributed by atoms with van der Waals surface area (Å²) in [5.74, 6) is 3.33. The number of hydrogen-bond acceptors (Lipinski definition) is 3. The van der Waals surface area contributed by atoms with Gasteiger partial charge < -0.3 is 15.1 Å². The van der Waals surface area contributed by atoms with Crippen molar-refractivity contribution >= 4 is 29.9 Å². The van der Waals surface area contributed by atoms with Crippen LogP contribution in [0.1, 0.15) is 43.5 Å². The summed E-state index contributed by atoms with van der Waals surface area (Å²) < 4.78 is 5.52. The molecule has 1 aromatic heterocycles. The fraction of sp³-hybridized carbons (Fsp3) is 0.714. The second-order valence-corrected chi connectivity index (χ2v) is 5.10. The van der Waals surface area contributed by atoms with E-state index >= 15 is 0 Å². The van der Waals surface area contributed by atoms with Gasteiger partial charge in [-0.3, -0.25) is 0 Å². The Balaban J connectivity index is 0.00000200. The molecular weight excluding hydrogens is 367 g/mol. The first-order chi connectivity index (χ1) is 9.19. The minimum atomic E-state index is 0. The summed E-state index contributed by atoms with van der Waals surface area (Å²) in [4.78, 5) is 8.83. The van der Waals surface area contributed by atoms with Gasteiger partial charge in [0.2, 0.25) is 5.89 Å². The first-order valence-electron chi connectivity index (χ1n) is 7.14. The third kappa shape index (κ3) is 5.68. The maximum atomic E-state index is 5.52. The number of aliphatic imine (C=N–C) groups is 1. The zero-order valence-corrected chi connectivity index (χ0v) is 14.9. The maximum Gasteiger partial charge on any atom is 0.216 e. The summed E-state index contributed by atoms with van der Waals surface area (Å²) in [6.45, 7) is 8.27. The molecule has 1 heterocycles. The Kier molecular flexibility index (Phi) is 7.32. The van der Waals surface area contributed by atoms with Gasteiger partial charge in [-0.2, -0.15) is 0 Å². The summed E-state index contributed by atoms with van der Waals surface area (Å²) in [6, 6.07) is 0. The van der Waals surface area contributed by atoms with Crippen LogP contribution >= 0.6 is 24.0 Å². The summed E-state index contributed by atoms with van der Waals surface area (Å²) in [6.07, 6.45) is 4.02. The van der Waals surface area contributed by atoms with Gasteiger partial charge in [0.15, 0.2) is 5.96 Å². The van der Waals surface area contributed by atoms with E-state index in [2.05, 4.69) is 27.5 Å². The molecule has 1 aliphatic carbocycles. The van der Waals surface area contributed by atoms with E-state index in [-0.39, 0.29) is 24.0 Å². The van der Waals surface area contributed by atoms with Crippen LogP contribution < -0.4 is 10.6 Å². The number of oxazole rings is 1. The van der Waals surface area contributed by atoms with Crippen LogP contribution in [0.15, 0.2) is 9.41 Å². The van der Waals surface area contributed by atoms with Crippen molar-refractivity contribution in [1.82, 2.24) is 15.6 Å². The molecule has 114 valence electrons. The molecule has 0 unspecified atom stereocenters. The molecule has 20 heavy (non-hydrogen) atoms. The number of halogens is 1. The number of guanidine groups is 1. The van der Waals surface area contributed by atoms with Crippen molar-refractivity contribution in [1.29, 1.82) is 0 Å². The number of hydrogen-bond donors (Lipinski definition) is 2. The minimum absolute atomic E-state index is 0. The molecular formula is C14H25IN4O. The quantitative estimate of drug-likeness (QED) is 0.444. The smallest absolute Gasteiger partial charge is 0.216 e. The average Bonchev–Trinajstić information content (AvgIpc) is 3.14. The van der Waals surface area contributed by atoms with E-state index < -0.39 is 0 Å². The van der Waals surface area contributed by atoms with E-state index in [9.17, 15) is 0 Å². The van der Waals surface area contributed by atoms with Crippen LogP contribution in [0.5, 0.6) is 0 Å². The summed E-state index contributed by atoms with van der Waals surface area (Å²) in [5, 5.41) is 6.59. The molecule has 1 fully saturated rings. The molecule has 0 atom stereocenters. The lowest BCUT2D eigenvalue weighted by atomic mass is 10.3. The van der Waals surface area contributed by atoms with Gasteiger partial charge in [-0.05, 0) is 33.1 Å². The van der Waals surface area contributed by atoms with Crippen molar-refractivity contribution < 1.29 is 4.42 Å². The van der Waals surface area contributed by atoms with Crippen LogP contribution in [0.4, 0.5) is 0 Å². The molecule has 0 bridgehead atoms. The van der Waals surface area contributed by atoms with Crippen molar-refractivity contribution in [3.8, 4) is 0 Å². The number of aryl methyl sites for hydroxylation is 2. The van der Waals surface area contributed by atoms with Crippen LogP contribution in [0.25, 0.3) is 0 Å². The van der Waals surface area contributed by atoms with E-state index in [1.807, 2.05) is 13.8 Å². The Hall–Kier alpha value is -0.790. The summed E-state index contributed by atoms with van der Waals surface area (Å²) in [5.41, 5.74) is 0.942. The first kappa shape index (κ1) is 17.3. The Morgan fingerprint density at radius 2 is 2.10 bits per heavy atom. The first-order valence-corrected chi connectivity index (χ1v) is 7.14. The lowest BCUT2D eigenvalue weighted by molar-refractivity contribution is 0.472. The van der Waals surface area contributed by atoms with Crippen molar-refractivity contribution in [2.24, 2.45) is 10.9 Å². The average molecular weight is 392 g/mol. The number of rotatable bonds is 6. The molecule has 0 aliphatic heterocycles. The van der Waals surface area contributed by atoms with Crippen molar-refractivity contribution in [3.05, 3.63) is 17.3 Å². The van der Waals surface area contributed by atoms with Crippen LogP contribution in [0.3, 0.4) is 0 Å². The zero-order chi connectivity index (χ0) is 13.7. The third-order valence-corrected chi connectivity index (χ3v) is 3.33. The zero-order valence-electron chi connectivity index (χ0n) is 12.5. The largest absolute Gasteiger partial charge is 0.444 e. The lowest BCUT2D eigenvalue weighted by Crippen LogP contribution is -2.37. The Labute approximate surface area is 138 Å². The molecule has 2 rings (SSSR count). The van der Waals surface area contributed by atoms with Gasteiger partial charge in [-0.25, -0.2) is 9.98 Å². The molecule has 1 aliphatic rings. The molecule has 0 spiro atoms. The Morgan fingerprint density at radius 1 is 1.35 bits per heavy atom. The predicted molar refractivity (Wildman–Crippen MR) is 91.6 cm³/mol. The van der Waals surface area contributed by atoms with Crippen molar-refractivity contribution in [2.75, 3.05) is 13.1 Å². The van der Waals surface area contributed by atoms with Crippen molar-refractivity contribution in [2.45, 2.75) is 46.6 Å². The van der Waals surface area contributed by atoms with Gasteiger partial charge in [0.25, 0.3) is 0 Å². The van der Waals surface area contributed by atoms with Crippen LogP contribution in [0.2, 0.25) is 0 Å². The minimum Gasteiger partial charge on any atom is -0.444 e. The topological polar surface area (TPSA) is 62.5 Å². The number of aromatic nitrogens is 1. The Morgan fingerprint density at radius 3 is 2.65 bits per heavy atom. The van der Waals surface area contributed by atoms with Gasteiger partial charge in [0.1, 0.15) is 12.3 Å². The maximum absolute atomic E-state index is 5.52. The molecule has 1 saturated carbocycles. The van der Waals surface area contributed by atoms with Gasteiger partial charge in [-0.1, -0.05) is 12.8 Å². The second kappa shape index (κ2) is 8.49. The third-order valence-electron chi connectivity index (χ3n) is 3.33. The fourth-order valence-electron chi connectivity index (χ4n) is 1.90.